The Bertz CT molecular complexity index is 153. The lowest BCUT2D eigenvalue weighted by Gasteiger charge is -2.30. The lowest BCUT2D eigenvalue weighted by molar-refractivity contribution is -0.0282. The molecule has 1 aliphatic carbocycles. The second kappa shape index (κ2) is 7.24. The average molecular weight is 213 g/mol. The molecule has 0 spiro atoms. The van der Waals surface area contributed by atoms with Crippen LogP contribution in [0, 0.1) is 0 Å². The quantitative estimate of drug-likeness (QED) is 0.732. The van der Waals surface area contributed by atoms with Gasteiger partial charge in [0.1, 0.15) is 0 Å². The molecule has 0 aromatic carbocycles. The van der Waals surface area contributed by atoms with Crippen molar-refractivity contribution in [3.63, 3.8) is 0 Å². The Morgan fingerprint density at radius 1 is 1.20 bits per heavy atom. The molecule has 1 saturated carbocycles. The zero-order chi connectivity index (χ0) is 11.1. The van der Waals surface area contributed by atoms with Gasteiger partial charge in [-0.2, -0.15) is 0 Å². The predicted octanol–water partition coefficient (Wildman–Crippen LogP) is 3.11. The molecule has 1 unspecified atom stereocenters. The van der Waals surface area contributed by atoms with Crippen LogP contribution in [0.3, 0.4) is 0 Å². The largest absolute Gasteiger partial charge is 0.375 e. The van der Waals surface area contributed by atoms with Crippen LogP contribution in [0.4, 0.5) is 0 Å². The molecule has 1 rings (SSSR count). The molecule has 2 heteroatoms. The highest BCUT2D eigenvalue weighted by atomic mass is 16.5. The summed E-state index contributed by atoms with van der Waals surface area (Å²) < 4.78 is 6.03. The Morgan fingerprint density at radius 2 is 1.87 bits per heavy atom. The lowest BCUT2D eigenvalue weighted by Crippen LogP contribution is -2.36. The molecule has 1 atom stereocenters. The first kappa shape index (κ1) is 13.0. The van der Waals surface area contributed by atoms with E-state index in [4.69, 9.17) is 4.74 Å². The standard InChI is InChI=1S/C13H27NO/c1-4-6-11(3)15-13-9-7-12(8-10-13)14-5-2/h11-14H,4-10H2,1-3H3. The first-order valence-electron chi connectivity index (χ1n) is 6.65. The molecule has 0 amide bonds. The van der Waals surface area contributed by atoms with E-state index in [-0.39, 0.29) is 0 Å². The minimum absolute atomic E-state index is 0.454. The summed E-state index contributed by atoms with van der Waals surface area (Å²) in [5.74, 6) is 0. The minimum Gasteiger partial charge on any atom is -0.375 e. The molecule has 0 aromatic heterocycles. The minimum atomic E-state index is 0.454. The van der Waals surface area contributed by atoms with Crippen LogP contribution >= 0.6 is 0 Å². The van der Waals surface area contributed by atoms with E-state index in [0.717, 1.165) is 12.6 Å². The van der Waals surface area contributed by atoms with Crippen molar-refractivity contribution in [1.29, 1.82) is 0 Å². The van der Waals surface area contributed by atoms with E-state index in [0.29, 0.717) is 12.2 Å². The molecule has 1 N–H and O–H groups in total. The number of hydrogen-bond donors (Lipinski definition) is 1. The summed E-state index contributed by atoms with van der Waals surface area (Å²) in [6.45, 7) is 7.72. The van der Waals surface area contributed by atoms with Crippen LogP contribution in [0.1, 0.15) is 59.3 Å². The maximum Gasteiger partial charge on any atom is 0.0580 e. The summed E-state index contributed by atoms with van der Waals surface area (Å²) >= 11 is 0. The Morgan fingerprint density at radius 3 is 2.40 bits per heavy atom. The van der Waals surface area contributed by atoms with Gasteiger partial charge in [-0.3, -0.25) is 0 Å². The second-order valence-corrected chi connectivity index (χ2v) is 4.77. The van der Waals surface area contributed by atoms with E-state index in [1.807, 2.05) is 0 Å². The van der Waals surface area contributed by atoms with Crippen LogP contribution < -0.4 is 5.32 Å². The number of ether oxygens (including phenoxy) is 1. The highest BCUT2D eigenvalue weighted by Gasteiger charge is 2.21. The highest BCUT2D eigenvalue weighted by Crippen LogP contribution is 2.23. The summed E-state index contributed by atoms with van der Waals surface area (Å²) in [5, 5.41) is 3.53. The fourth-order valence-corrected chi connectivity index (χ4v) is 2.49. The molecule has 1 fully saturated rings. The maximum atomic E-state index is 6.03. The molecule has 15 heavy (non-hydrogen) atoms. The van der Waals surface area contributed by atoms with Gasteiger partial charge in [0.2, 0.25) is 0 Å². The third-order valence-corrected chi connectivity index (χ3v) is 3.29. The van der Waals surface area contributed by atoms with E-state index >= 15 is 0 Å². The van der Waals surface area contributed by atoms with Crippen molar-refractivity contribution >= 4 is 0 Å². The Balaban J connectivity index is 2.14. The molecule has 0 aromatic rings. The molecule has 90 valence electrons. The van der Waals surface area contributed by atoms with Gasteiger partial charge in [-0.25, -0.2) is 0 Å². The average Bonchev–Trinajstić information content (AvgIpc) is 2.22. The van der Waals surface area contributed by atoms with Crippen molar-refractivity contribution in [2.75, 3.05) is 6.54 Å². The molecule has 0 aliphatic heterocycles. The molecular weight excluding hydrogens is 186 g/mol. The van der Waals surface area contributed by atoms with E-state index in [1.165, 1.54) is 38.5 Å². The summed E-state index contributed by atoms with van der Waals surface area (Å²) in [5.41, 5.74) is 0. The van der Waals surface area contributed by atoms with Crippen molar-refractivity contribution in [2.24, 2.45) is 0 Å². The van der Waals surface area contributed by atoms with Crippen LogP contribution in [-0.4, -0.2) is 24.8 Å². The van der Waals surface area contributed by atoms with Gasteiger partial charge >= 0.3 is 0 Å². The van der Waals surface area contributed by atoms with E-state index in [1.54, 1.807) is 0 Å². The predicted molar refractivity (Wildman–Crippen MR) is 65.2 cm³/mol. The van der Waals surface area contributed by atoms with Crippen molar-refractivity contribution in [2.45, 2.75) is 77.5 Å². The Hall–Kier alpha value is -0.0800. The van der Waals surface area contributed by atoms with Crippen molar-refractivity contribution < 1.29 is 4.74 Å². The molecular formula is C13H27NO. The van der Waals surface area contributed by atoms with Gasteiger partial charge in [0.25, 0.3) is 0 Å². The summed E-state index contributed by atoms with van der Waals surface area (Å²) in [6.07, 6.45) is 8.48. The lowest BCUT2D eigenvalue weighted by atomic mass is 9.93. The molecule has 0 radical (unpaired) electrons. The smallest absolute Gasteiger partial charge is 0.0580 e. The third-order valence-electron chi connectivity index (χ3n) is 3.29. The Labute approximate surface area is 94.8 Å². The van der Waals surface area contributed by atoms with Crippen LogP contribution in [0.15, 0.2) is 0 Å². The van der Waals surface area contributed by atoms with Crippen LogP contribution in [-0.2, 0) is 4.74 Å². The highest BCUT2D eigenvalue weighted by molar-refractivity contribution is 4.77. The van der Waals surface area contributed by atoms with Gasteiger partial charge < -0.3 is 10.1 Å². The Kier molecular flexibility index (Phi) is 6.26. The summed E-state index contributed by atoms with van der Waals surface area (Å²) in [6, 6.07) is 0.747. The maximum absolute atomic E-state index is 6.03. The normalized spacial score (nSPS) is 29.0. The monoisotopic (exact) mass is 213 g/mol. The van der Waals surface area contributed by atoms with E-state index < -0.39 is 0 Å². The summed E-state index contributed by atoms with van der Waals surface area (Å²) in [4.78, 5) is 0. The van der Waals surface area contributed by atoms with Crippen molar-refractivity contribution in [3.8, 4) is 0 Å². The number of rotatable bonds is 6. The molecule has 0 saturated heterocycles. The van der Waals surface area contributed by atoms with E-state index in [2.05, 4.69) is 26.1 Å². The van der Waals surface area contributed by atoms with E-state index in [9.17, 15) is 0 Å². The van der Waals surface area contributed by atoms with Crippen molar-refractivity contribution in [3.05, 3.63) is 0 Å². The molecule has 2 nitrogen and oxygen atoms in total. The van der Waals surface area contributed by atoms with Gasteiger partial charge in [-0.15, -0.1) is 0 Å². The fraction of sp³-hybridized carbons (Fsp3) is 1.00. The number of nitrogens with one attached hydrogen (secondary N) is 1. The van der Waals surface area contributed by atoms with Crippen molar-refractivity contribution in [1.82, 2.24) is 5.32 Å². The summed E-state index contributed by atoms with van der Waals surface area (Å²) in [7, 11) is 0. The van der Waals surface area contributed by atoms with Gasteiger partial charge in [0.15, 0.2) is 0 Å². The van der Waals surface area contributed by atoms with Gasteiger partial charge in [-0.05, 0) is 45.6 Å². The first-order chi connectivity index (χ1) is 7.26. The van der Waals surface area contributed by atoms with Gasteiger partial charge in [0.05, 0.1) is 12.2 Å². The second-order valence-electron chi connectivity index (χ2n) is 4.77. The SMILES string of the molecule is CCCC(C)OC1CCC(NCC)CC1. The molecule has 1 aliphatic rings. The van der Waals surface area contributed by atoms with Crippen LogP contribution in [0.5, 0.6) is 0 Å². The molecule has 0 bridgehead atoms. The third kappa shape index (κ3) is 4.98. The van der Waals surface area contributed by atoms with Gasteiger partial charge in [0, 0.05) is 6.04 Å². The van der Waals surface area contributed by atoms with Gasteiger partial charge in [-0.1, -0.05) is 20.3 Å². The first-order valence-corrected chi connectivity index (χ1v) is 6.65. The molecule has 0 heterocycles. The topological polar surface area (TPSA) is 21.3 Å². The van der Waals surface area contributed by atoms with Crippen LogP contribution in [0.2, 0.25) is 0 Å². The fourth-order valence-electron chi connectivity index (χ4n) is 2.49. The zero-order valence-electron chi connectivity index (χ0n) is 10.6. The number of hydrogen-bond acceptors (Lipinski definition) is 2. The zero-order valence-corrected chi connectivity index (χ0v) is 10.6. The van der Waals surface area contributed by atoms with Crippen LogP contribution in [0.25, 0.3) is 0 Å².